The molecule has 0 unspecified atom stereocenters. The highest BCUT2D eigenvalue weighted by Gasteiger charge is 2.11. The van der Waals surface area contributed by atoms with E-state index in [1.807, 2.05) is 32.0 Å². The predicted octanol–water partition coefficient (Wildman–Crippen LogP) is 5.30. The Morgan fingerprint density at radius 1 is 1.18 bits per heavy atom. The Bertz CT molecular complexity index is 1490. The molecule has 0 radical (unpaired) electrons. The van der Waals surface area contributed by atoms with Crippen molar-refractivity contribution in [1.29, 1.82) is 0 Å². The lowest BCUT2D eigenvalue weighted by Gasteiger charge is -2.09. The van der Waals surface area contributed by atoms with E-state index in [2.05, 4.69) is 21.9 Å². The van der Waals surface area contributed by atoms with Crippen molar-refractivity contribution >= 4 is 34.7 Å². The van der Waals surface area contributed by atoms with E-state index >= 15 is 0 Å². The summed E-state index contributed by atoms with van der Waals surface area (Å²) in [4.78, 5) is 32.6. The molecule has 0 aliphatic rings. The number of aromatic nitrogens is 3. The summed E-state index contributed by atoms with van der Waals surface area (Å²) in [6, 6.07) is 14.0. The summed E-state index contributed by atoms with van der Waals surface area (Å²) >= 11 is 5.26. The van der Waals surface area contributed by atoms with Crippen molar-refractivity contribution in [3.05, 3.63) is 99.2 Å². The van der Waals surface area contributed by atoms with Gasteiger partial charge in [0.1, 0.15) is 5.75 Å². The zero-order chi connectivity index (χ0) is 23.5. The molecule has 0 saturated heterocycles. The number of carbonyl (C=O) groups excluding carboxylic acids is 1. The van der Waals surface area contributed by atoms with Gasteiger partial charge in [-0.05, 0) is 73.6 Å². The Morgan fingerprint density at radius 2 is 2.00 bits per heavy atom. The minimum absolute atomic E-state index is 0.232. The summed E-state index contributed by atoms with van der Waals surface area (Å²) in [5.41, 5.74) is 3.47. The maximum Gasteiger partial charge on any atom is 0.262 e. The van der Waals surface area contributed by atoms with Crippen molar-refractivity contribution in [3.8, 4) is 11.6 Å². The number of anilines is 1. The van der Waals surface area contributed by atoms with E-state index in [0.717, 1.165) is 5.56 Å². The van der Waals surface area contributed by atoms with Crippen LogP contribution in [0, 0.1) is 18.6 Å². The van der Waals surface area contributed by atoms with Crippen molar-refractivity contribution < 1.29 is 9.53 Å². The van der Waals surface area contributed by atoms with Gasteiger partial charge in [-0.3, -0.25) is 14.2 Å². The highest BCUT2D eigenvalue weighted by molar-refractivity contribution is 7.71. The standard InChI is InChI=1S/C25H22N4O3S/c1-4-11-29-24(31)20-9-6-17(13-21(20)28-25(29)33)23(30)27-18-7-10-22(26-14-18)32-19-8-5-15(2)16(3)12-19/h4-10,12-14H,1,11H2,2-3H3,(H,27,30)(H,28,33). The van der Waals surface area contributed by atoms with Crippen LogP contribution in [-0.4, -0.2) is 20.4 Å². The number of H-pyrrole nitrogens is 1. The van der Waals surface area contributed by atoms with Crippen LogP contribution in [0.5, 0.6) is 11.6 Å². The molecule has 33 heavy (non-hydrogen) atoms. The van der Waals surface area contributed by atoms with Gasteiger partial charge < -0.3 is 15.0 Å². The Balaban J connectivity index is 1.51. The molecule has 2 N–H and O–H groups in total. The number of rotatable bonds is 6. The lowest BCUT2D eigenvalue weighted by molar-refractivity contribution is 0.102. The minimum atomic E-state index is -0.337. The lowest BCUT2D eigenvalue weighted by Crippen LogP contribution is -2.22. The molecule has 4 aromatic rings. The normalized spacial score (nSPS) is 10.7. The fourth-order valence-corrected chi connectivity index (χ4v) is 3.57. The van der Waals surface area contributed by atoms with Crippen LogP contribution in [-0.2, 0) is 6.54 Å². The van der Waals surface area contributed by atoms with Crippen LogP contribution in [0.15, 0.2) is 72.2 Å². The fraction of sp³-hybridized carbons (Fsp3) is 0.120. The molecule has 0 aliphatic carbocycles. The number of benzene rings is 2. The van der Waals surface area contributed by atoms with Gasteiger partial charge in [0.15, 0.2) is 4.77 Å². The molecule has 8 heteroatoms. The van der Waals surface area contributed by atoms with Gasteiger partial charge in [0.25, 0.3) is 11.5 Å². The first-order valence-electron chi connectivity index (χ1n) is 10.3. The van der Waals surface area contributed by atoms with Gasteiger partial charge >= 0.3 is 0 Å². The van der Waals surface area contributed by atoms with Crippen LogP contribution in [0.3, 0.4) is 0 Å². The monoisotopic (exact) mass is 458 g/mol. The number of nitrogens with zero attached hydrogens (tertiary/aromatic N) is 2. The number of aromatic amines is 1. The SMILES string of the molecule is C=CCn1c(=S)[nH]c2cc(C(=O)Nc3ccc(Oc4ccc(C)c(C)c4)nc3)ccc2c1=O. The van der Waals surface area contributed by atoms with Crippen LogP contribution < -0.4 is 15.6 Å². The molecule has 0 saturated carbocycles. The quantitative estimate of drug-likeness (QED) is 0.302. The number of hydrogen-bond acceptors (Lipinski definition) is 5. The Morgan fingerprint density at radius 3 is 2.70 bits per heavy atom. The van der Waals surface area contributed by atoms with E-state index in [1.165, 1.54) is 16.3 Å². The van der Waals surface area contributed by atoms with Gasteiger partial charge in [0, 0.05) is 18.2 Å². The summed E-state index contributed by atoms with van der Waals surface area (Å²) in [7, 11) is 0. The van der Waals surface area contributed by atoms with Crippen molar-refractivity contribution in [2.24, 2.45) is 0 Å². The van der Waals surface area contributed by atoms with Crippen molar-refractivity contribution in [3.63, 3.8) is 0 Å². The van der Waals surface area contributed by atoms with E-state index in [1.54, 1.807) is 36.4 Å². The van der Waals surface area contributed by atoms with Crippen LogP contribution in [0.2, 0.25) is 0 Å². The maximum atomic E-state index is 12.7. The molecule has 0 fully saturated rings. The Kier molecular flexibility index (Phi) is 6.19. The molecule has 166 valence electrons. The molecule has 0 atom stereocenters. The largest absolute Gasteiger partial charge is 0.439 e. The van der Waals surface area contributed by atoms with Gasteiger partial charge in [-0.25, -0.2) is 4.98 Å². The molecule has 0 spiro atoms. The predicted molar refractivity (Wildman–Crippen MR) is 132 cm³/mol. The number of aryl methyl sites for hydroxylation is 2. The second-order valence-electron chi connectivity index (χ2n) is 7.58. The minimum Gasteiger partial charge on any atom is -0.439 e. The number of hydrogen-bond donors (Lipinski definition) is 2. The summed E-state index contributed by atoms with van der Waals surface area (Å²) in [6.45, 7) is 8.01. The Hall–Kier alpha value is -4.04. The average Bonchev–Trinajstić information content (AvgIpc) is 2.80. The van der Waals surface area contributed by atoms with E-state index in [4.69, 9.17) is 17.0 Å². The number of nitrogens with one attached hydrogen (secondary N) is 2. The number of pyridine rings is 1. The smallest absolute Gasteiger partial charge is 0.262 e. The van der Waals surface area contributed by atoms with Crippen LogP contribution >= 0.6 is 12.2 Å². The van der Waals surface area contributed by atoms with Crippen LogP contribution in [0.1, 0.15) is 21.5 Å². The number of allylic oxidation sites excluding steroid dienone is 1. The molecule has 7 nitrogen and oxygen atoms in total. The second kappa shape index (κ2) is 9.22. The third-order valence-electron chi connectivity index (χ3n) is 5.25. The van der Waals surface area contributed by atoms with E-state index in [-0.39, 0.29) is 16.2 Å². The highest BCUT2D eigenvalue weighted by Crippen LogP contribution is 2.23. The summed E-state index contributed by atoms with van der Waals surface area (Å²) in [6.07, 6.45) is 3.13. The number of fused-ring (bicyclic) bond motifs is 1. The van der Waals surface area contributed by atoms with Gasteiger partial charge in [-0.2, -0.15) is 0 Å². The molecular formula is C25H22N4O3S. The van der Waals surface area contributed by atoms with Crippen LogP contribution in [0.25, 0.3) is 10.9 Å². The number of carbonyl (C=O) groups is 1. The van der Waals surface area contributed by atoms with Crippen molar-refractivity contribution in [2.45, 2.75) is 20.4 Å². The first-order valence-corrected chi connectivity index (χ1v) is 10.7. The topological polar surface area (TPSA) is 89.0 Å². The van der Waals surface area contributed by atoms with Gasteiger partial charge in [-0.1, -0.05) is 12.1 Å². The van der Waals surface area contributed by atoms with E-state index in [0.29, 0.717) is 40.3 Å². The third kappa shape index (κ3) is 4.75. The molecule has 2 heterocycles. The van der Waals surface area contributed by atoms with Crippen LogP contribution in [0.4, 0.5) is 5.69 Å². The van der Waals surface area contributed by atoms with Crippen molar-refractivity contribution in [1.82, 2.24) is 14.5 Å². The molecular weight excluding hydrogens is 436 g/mol. The van der Waals surface area contributed by atoms with Gasteiger partial charge in [0.2, 0.25) is 5.88 Å². The van der Waals surface area contributed by atoms with Gasteiger partial charge in [-0.15, -0.1) is 6.58 Å². The maximum absolute atomic E-state index is 12.7. The number of ether oxygens (including phenoxy) is 1. The lowest BCUT2D eigenvalue weighted by atomic mass is 10.1. The molecule has 2 aromatic carbocycles. The first-order chi connectivity index (χ1) is 15.9. The zero-order valence-corrected chi connectivity index (χ0v) is 19.0. The number of amides is 1. The summed E-state index contributed by atoms with van der Waals surface area (Å²) in [5.74, 6) is 0.782. The average molecular weight is 459 g/mol. The molecule has 0 aliphatic heterocycles. The zero-order valence-electron chi connectivity index (χ0n) is 18.2. The second-order valence-corrected chi connectivity index (χ2v) is 7.97. The Labute approximate surface area is 195 Å². The first kappa shape index (κ1) is 22.2. The summed E-state index contributed by atoms with van der Waals surface area (Å²) < 4.78 is 7.47. The highest BCUT2D eigenvalue weighted by atomic mass is 32.1. The van der Waals surface area contributed by atoms with E-state index < -0.39 is 0 Å². The van der Waals surface area contributed by atoms with E-state index in [9.17, 15) is 9.59 Å². The summed E-state index contributed by atoms with van der Waals surface area (Å²) in [5, 5.41) is 3.24. The molecule has 2 aromatic heterocycles. The molecule has 4 rings (SSSR count). The third-order valence-corrected chi connectivity index (χ3v) is 5.57. The molecule has 1 amide bonds. The fourth-order valence-electron chi connectivity index (χ4n) is 3.31. The van der Waals surface area contributed by atoms with Gasteiger partial charge in [0.05, 0.1) is 22.8 Å². The molecule has 0 bridgehead atoms. The van der Waals surface area contributed by atoms with Crippen molar-refractivity contribution in [2.75, 3.05) is 5.32 Å².